The van der Waals surface area contributed by atoms with Gasteiger partial charge in [-0.2, -0.15) is 0 Å². The van der Waals surface area contributed by atoms with Crippen LogP contribution in [0.25, 0.3) is 0 Å². The van der Waals surface area contributed by atoms with Crippen molar-refractivity contribution in [2.45, 2.75) is 39.7 Å². The van der Waals surface area contributed by atoms with Crippen LogP contribution in [-0.4, -0.2) is 24.5 Å². The van der Waals surface area contributed by atoms with Gasteiger partial charge in [0.2, 0.25) is 0 Å². The van der Waals surface area contributed by atoms with Crippen molar-refractivity contribution in [2.24, 2.45) is 27.7 Å². The molecule has 0 aromatic carbocycles. The van der Waals surface area contributed by atoms with Crippen LogP contribution in [-0.2, 0) is 0 Å². The molecule has 2 aliphatic rings. The Bertz CT molecular complexity index is 271. The van der Waals surface area contributed by atoms with Gasteiger partial charge in [0.05, 0.1) is 6.10 Å². The summed E-state index contributed by atoms with van der Waals surface area (Å²) in [7, 11) is 1.80. The second-order valence-electron chi connectivity index (χ2n) is 5.71. The van der Waals surface area contributed by atoms with E-state index in [9.17, 15) is 5.11 Å². The van der Waals surface area contributed by atoms with Gasteiger partial charge < -0.3 is 10.1 Å². The summed E-state index contributed by atoms with van der Waals surface area (Å²) >= 11 is 0. The first-order valence-electron chi connectivity index (χ1n) is 5.55. The van der Waals surface area contributed by atoms with E-state index in [1.807, 2.05) is 6.21 Å². The molecule has 0 saturated heterocycles. The van der Waals surface area contributed by atoms with Crippen molar-refractivity contribution in [1.29, 1.82) is 0 Å². The predicted octanol–water partition coefficient (Wildman–Crippen LogP) is 2.12. The Morgan fingerprint density at radius 1 is 1.36 bits per heavy atom. The molecule has 80 valence electrons. The third kappa shape index (κ3) is 0.928. The van der Waals surface area contributed by atoms with E-state index < -0.39 is 0 Å². The third-order valence-corrected chi connectivity index (χ3v) is 5.18. The maximum atomic E-state index is 10.3. The SMILES string of the molecule is CN=C[C@@H]1[C@H]2CC[C@@](C)([C@@H]1O)C2(C)C. The molecule has 14 heavy (non-hydrogen) atoms. The van der Waals surface area contributed by atoms with Crippen LogP contribution < -0.4 is 0 Å². The van der Waals surface area contributed by atoms with Crippen LogP contribution in [0.15, 0.2) is 4.99 Å². The van der Waals surface area contributed by atoms with E-state index in [-0.39, 0.29) is 22.9 Å². The summed E-state index contributed by atoms with van der Waals surface area (Å²) in [6, 6.07) is 0. The Kier molecular flexibility index (Phi) is 2.04. The molecule has 2 fully saturated rings. The average molecular weight is 195 g/mol. The molecule has 0 aliphatic heterocycles. The number of aliphatic hydroxyl groups is 1. The molecule has 0 heterocycles. The summed E-state index contributed by atoms with van der Waals surface area (Å²) < 4.78 is 0. The van der Waals surface area contributed by atoms with Crippen molar-refractivity contribution in [3.05, 3.63) is 0 Å². The monoisotopic (exact) mass is 195 g/mol. The Labute approximate surface area is 86.4 Å². The third-order valence-electron chi connectivity index (χ3n) is 5.18. The Balaban J connectivity index is 2.38. The lowest BCUT2D eigenvalue weighted by atomic mass is 9.70. The van der Waals surface area contributed by atoms with Crippen LogP contribution in [0.2, 0.25) is 0 Å². The van der Waals surface area contributed by atoms with Crippen LogP contribution in [0.4, 0.5) is 0 Å². The highest BCUT2D eigenvalue weighted by atomic mass is 16.3. The Morgan fingerprint density at radius 3 is 2.43 bits per heavy atom. The molecule has 0 amide bonds. The van der Waals surface area contributed by atoms with Crippen molar-refractivity contribution in [2.75, 3.05) is 7.05 Å². The first kappa shape index (κ1) is 10.2. The number of nitrogens with zero attached hydrogens (tertiary/aromatic N) is 1. The molecule has 0 spiro atoms. The zero-order chi connectivity index (χ0) is 10.6. The molecule has 0 radical (unpaired) electrons. The topological polar surface area (TPSA) is 32.6 Å². The van der Waals surface area contributed by atoms with E-state index in [4.69, 9.17) is 0 Å². The normalized spacial score (nSPS) is 50.5. The van der Waals surface area contributed by atoms with E-state index in [1.54, 1.807) is 7.05 Å². The summed E-state index contributed by atoms with van der Waals surface area (Å²) in [4.78, 5) is 4.10. The minimum atomic E-state index is -0.194. The minimum absolute atomic E-state index is 0.101. The second-order valence-corrected chi connectivity index (χ2v) is 5.71. The van der Waals surface area contributed by atoms with Gasteiger partial charge in [0.25, 0.3) is 0 Å². The number of fused-ring (bicyclic) bond motifs is 2. The standard InChI is InChI=1S/C12H21NO/c1-11(2)9-5-6-12(11,3)10(14)8(9)7-13-4/h7-10,14H,5-6H2,1-4H3/t8-,9-,10-,12+/m1/s1. The van der Waals surface area contributed by atoms with E-state index in [0.717, 1.165) is 0 Å². The molecular weight excluding hydrogens is 174 g/mol. The number of hydrogen-bond donors (Lipinski definition) is 1. The molecule has 1 N–H and O–H groups in total. The van der Waals surface area contributed by atoms with Gasteiger partial charge in [0, 0.05) is 19.2 Å². The van der Waals surface area contributed by atoms with Crippen molar-refractivity contribution in [3.63, 3.8) is 0 Å². The van der Waals surface area contributed by atoms with Crippen LogP contribution in [0, 0.1) is 22.7 Å². The van der Waals surface area contributed by atoms with E-state index in [2.05, 4.69) is 25.8 Å². The molecule has 2 nitrogen and oxygen atoms in total. The maximum absolute atomic E-state index is 10.3. The van der Waals surface area contributed by atoms with Gasteiger partial charge in [-0.25, -0.2) is 0 Å². The maximum Gasteiger partial charge on any atom is 0.0679 e. The van der Waals surface area contributed by atoms with Crippen LogP contribution in [0.1, 0.15) is 33.6 Å². The zero-order valence-electron chi connectivity index (χ0n) is 9.62. The molecule has 2 aliphatic carbocycles. The fraction of sp³-hybridized carbons (Fsp3) is 0.917. The summed E-state index contributed by atoms with van der Waals surface area (Å²) in [6.45, 7) is 6.84. The summed E-state index contributed by atoms with van der Waals surface area (Å²) in [5.41, 5.74) is 0.363. The zero-order valence-corrected chi connectivity index (χ0v) is 9.62. The Hall–Kier alpha value is -0.370. The number of hydrogen-bond acceptors (Lipinski definition) is 2. The van der Waals surface area contributed by atoms with Crippen molar-refractivity contribution in [1.82, 2.24) is 0 Å². The largest absolute Gasteiger partial charge is 0.392 e. The van der Waals surface area contributed by atoms with Crippen molar-refractivity contribution >= 4 is 6.21 Å². The number of rotatable bonds is 1. The number of aliphatic hydroxyl groups excluding tert-OH is 1. The summed E-state index contributed by atoms with van der Waals surface area (Å²) in [5.74, 6) is 0.903. The second kappa shape index (κ2) is 2.82. The quantitative estimate of drug-likeness (QED) is 0.639. The van der Waals surface area contributed by atoms with Gasteiger partial charge in [-0.3, -0.25) is 0 Å². The lowest BCUT2D eigenvalue weighted by Crippen LogP contribution is -2.37. The highest BCUT2D eigenvalue weighted by Crippen LogP contribution is 2.67. The number of aliphatic imine (C=N–C) groups is 1. The average Bonchev–Trinajstić information content (AvgIpc) is 2.41. The summed E-state index contributed by atoms with van der Waals surface area (Å²) in [5, 5.41) is 10.3. The highest BCUT2D eigenvalue weighted by molar-refractivity contribution is 5.64. The van der Waals surface area contributed by atoms with Gasteiger partial charge in [0.1, 0.15) is 0 Å². The van der Waals surface area contributed by atoms with E-state index in [1.165, 1.54) is 12.8 Å². The molecule has 0 aromatic heterocycles. The smallest absolute Gasteiger partial charge is 0.0679 e. The molecule has 4 atom stereocenters. The van der Waals surface area contributed by atoms with Crippen molar-refractivity contribution in [3.8, 4) is 0 Å². The van der Waals surface area contributed by atoms with Gasteiger partial charge >= 0.3 is 0 Å². The van der Waals surface area contributed by atoms with Crippen LogP contribution in [0.5, 0.6) is 0 Å². The van der Waals surface area contributed by atoms with Crippen LogP contribution >= 0.6 is 0 Å². The molecule has 2 bridgehead atoms. The van der Waals surface area contributed by atoms with Crippen LogP contribution in [0.3, 0.4) is 0 Å². The minimum Gasteiger partial charge on any atom is -0.392 e. The molecule has 2 rings (SSSR count). The van der Waals surface area contributed by atoms with Gasteiger partial charge in [-0.1, -0.05) is 20.8 Å². The lowest BCUT2D eigenvalue weighted by molar-refractivity contribution is 0.00327. The lowest BCUT2D eigenvalue weighted by Gasteiger charge is -2.37. The molecule has 0 unspecified atom stereocenters. The first-order valence-corrected chi connectivity index (χ1v) is 5.55. The van der Waals surface area contributed by atoms with E-state index in [0.29, 0.717) is 5.92 Å². The predicted molar refractivity (Wildman–Crippen MR) is 58.5 cm³/mol. The van der Waals surface area contributed by atoms with E-state index >= 15 is 0 Å². The first-order chi connectivity index (χ1) is 6.45. The highest BCUT2D eigenvalue weighted by Gasteiger charge is 2.65. The molecule has 0 aromatic rings. The Morgan fingerprint density at radius 2 is 2.00 bits per heavy atom. The van der Waals surface area contributed by atoms with Gasteiger partial charge in [-0.05, 0) is 29.6 Å². The van der Waals surface area contributed by atoms with Gasteiger partial charge in [-0.15, -0.1) is 0 Å². The molecular formula is C12H21NO. The summed E-state index contributed by atoms with van der Waals surface area (Å²) in [6.07, 6.45) is 4.18. The molecule has 2 heteroatoms. The molecule has 2 saturated carbocycles. The van der Waals surface area contributed by atoms with Crippen molar-refractivity contribution < 1.29 is 5.11 Å². The van der Waals surface area contributed by atoms with Gasteiger partial charge in [0.15, 0.2) is 0 Å². The fourth-order valence-electron chi connectivity index (χ4n) is 3.77. The fourth-order valence-corrected chi connectivity index (χ4v) is 3.77.